The van der Waals surface area contributed by atoms with Gasteiger partial charge in [-0.2, -0.15) is 0 Å². The molecule has 0 bridgehead atoms. The third kappa shape index (κ3) is 6.44. The minimum absolute atomic E-state index is 0.0533. The van der Waals surface area contributed by atoms with E-state index in [1.54, 1.807) is 12.1 Å². The first-order valence-corrected chi connectivity index (χ1v) is 12.2. The number of carbonyl (C=O) groups is 1. The van der Waals surface area contributed by atoms with E-state index >= 15 is 0 Å². The largest absolute Gasteiger partial charge is 0.483 e. The Morgan fingerprint density at radius 3 is 2.44 bits per heavy atom. The number of anilines is 1. The Balaban J connectivity index is 1.58. The Morgan fingerprint density at radius 1 is 1.09 bits per heavy atom. The molecule has 0 aliphatic heterocycles. The summed E-state index contributed by atoms with van der Waals surface area (Å²) < 4.78 is 39.1. The van der Waals surface area contributed by atoms with Crippen molar-refractivity contribution in [2.45, 2.75) is 37.6 Å². The van der Waals surface area contributed by atoms with Gasteiger partial charge in [0.25, 0.3) is 5.91 Å². The van der Waals surface area contributed by atoms with Crippen molar-refractivity contribution in [2.24, 2.45) is 0 Å². The number of halogens is 1. The maximum atomic E-state index is 12.4. The standard InChI is InChI=1S/C23H25BrN2O5S/c1-23(2,3)20-13-16(24)6-11-21(20)31-15-22(27)26-17-7-9-19(10-8-17)32(28,29)25-14-18-5-4-12-30-18/h4-13,25H,14-15H2,1-3H3,(H,26,27). The number of carbonyl (C=O) groups excluding carboxylic acids is 1. The SMILES string of the molecule is CC(C)(C)c1cc(Br)ccc1OCC(=O)Nc1ccc(S(=O)(=O)NCc2ccco2)cc1. The van der Waals surface area contributed by atoms with Crippen LogP contribution in [0, 0.1) is 0 Å². The molecule has 0 aliphatic rings. The molecule has 0 spiro atoms. The first-order chi connectivity index (χ1) is 15.0. The third-order valence-corrected chi connectivity index (χ3v) is 6.48. The van der Waals surface area contributed by atoms with Crippen molar-refractivity contribution in [2.75, 3.05) is 11.9 Å². The van der Waals surface area contributed by atoms with E-state index in [2.05, 4.69) is 46.7 Å². The van der Waals surface area contributed by atoms with Gasteiger partial charge in [-0.25, -0.2) is 13.1 Å². The Hall–Kier alpha value is -2.62. The Kier molecular flexibility index (Phi) is 7.43. The molecular weight excluding hydrogens is 496 g/mol. The summed E-state index contributed by atoms with van der Waals surface area (Å²) in [6.07, 6.45) is 1.48. The van der Waals surface area contributed by atoms with E-state index in [4.69, 9.17) is 9.15 Å². The second-order valence-corrected chi connectivity index (χ2v) is 10.8. The van der Waals surface area contributed by atoms with Gasteiger partial charge < -0.3 is 14.5 Å². The second kappa shape index (κ2) is 9.89. The number of rotatable bonds is 8. The fraction of sp³-hybridized carbons (Fsp3) is 0.261. The van der Waals surface area contributed by atoms with Crippen LogP contribution in [-0.4, -0.2) is 20.9 Å². The van der Waals surface area contributed by atoms with Gasteiger partial charge in [-0.15, -0.1) is 0 Å². The van der Waals surface area contributed by atoms with Crippen molar-refractivity contribution in [1.82, 2.24) is 4.72 Å². The molecule has 7 nitrogen and oxygen atoms in total. The molecular formula is C23H25BrN2O5S. The highest BCUT2D eigenvalue weighted by Gasteiger charge is 2.20. The normalized spacial score (nSPS) is 11.9. The van der Waals surface area contributed by atoms with Crippen LogP contribution in [0.5, 0.6) is 5.75 Å². The van der Waals surface area contributed by atoms with E-state index < -0.39 is 10.0 Å². The lowest BCUT2D eigenvalue weighted by Gasteiger charge is -2.23. The van der Waals surface area contributed by atoms with E-state index in [-0.39, 0.29) is 29.4 Å². The number of furan rings is 1. The molecule has 1 aromatic heterocycles. The van der Waals surface area contributed by atoms with Crippen LogP contribution >= 0.6 is 15.9 Å². The smallest absolute Gasteiger partial charge is 0.262 e. The highest BCUT2D eigenvalue weighted by atomic mass is 79.9. The van der Waals surface area contributed by atoms with E-state index in [1.165, 1.54) is 30.5 Å². The van der Waals surface area contributed by atoms with Crippen LogP contribution in [0.4, 0.5) is 5.69 Å². The summed E-state index contributed by atoms with van der Waals surface area (Å²) in [6.45, 7) is 6.09. The van der Waals surface area contributed by atoms with E-state index in [1.807, 2.05) is 18.2 Å². The Bertz CT molecular complexity index is 1170. The van der Waals surface area contributed by atoms with Crippen molar-refractivity contribution >= 4 is 37.5 Å². The molecule has 2 aromatic carbocycles. The zero-order chi connectivity index (χ0) is 23.4. The number of sulfonamides is 1. The topological polar surface area (TPSA) is 97.6 Å². The van der Waals surface area contributed by atoms with Crippen molar-refractivity contribution in [1.29, 1.82) is 0 Å². The number of nitrogens with one attached hydrogen (secondary N) is 2. The first-order valence-electron chi connectivity index (χ1n) is 9.89. The van der Waals surface area contributed by atoms with Crippen LogP contribution in [0.25, 0.3) is 0 Å². The van der Waals surface area contributed by atoms with Crippen LogP contribution in [0.15, 0.2) is 74.6 Å². The lowest BCUT2D eigenvalue weighted by atomic mass is 9.86. The molecule has 0 atom stereocenters. The zero-order valence-corrected chi connectivity index (χ0v) is 20.4. The molecule has 170 valence electrons. The van der Waals surface area contributed by atoms with Gasteiger partial charge in [0.1, 0.15) is 11.5 Å². The molecule has 1 heterocycles. The maximum absolute atomic E-state index is 12.4. The minimum Gasteiger partial charge on any atom is -0.483 e. The number of hydrogen-bond acceptors (Lipinski definition) is 5. The third-order valence-electron chi connectivity index (χ3n) is 4.57. The quantitative estimate of drug-likeness (QED) is 0.443. The summed E-state index contributed by atoms with van der Waals surface area (Å²) in [5, 5.41) is 2.71. The van der Waals surface area contributed by atoms with Gasteiger partial charge in [-0.05, 0) is 60.0 Å². The summed E-state index contributed by atoms with van der Waals surface area (Å²) in [6, 6.07) is 14.9. The van der Waals surface area contributed by atoms with Gasteiger partial charge in [-0.1, -0.05) is 36.7 Å². The molecule has 9 heteroatoms. The number of benzene rings is 2. The molecule has 1 amide bonds. The van der Waals surface area contributed by atoms with Gasteiger partial charge in [0.2, 0.25) is 10.0 Å². The number of ether oxygens (including phenoxy) is 1. The average Bonchev–Trinajstić information content (AvgIpc) is 3.25. The lowest BCUT2D eigenvalue weighted by molar-refractivity contribution is -0.118. The van der Waals surface area contributed by atoms with Gasteiger partial charge in [0, 0.05) is 15.7 Å². The first kappa shape index (κ1) is 24.0. The molecule has 0 saturated carbocycles. The monoisotopic (exact) mass is 520 g/mol. The van der Waals surface area contributed by atoms with Crippen LogP contribution in [0.1, 0.15) is 32.1 Å². The van der Waals surface area contributed by atoms with Crippen molar-refractivity contribution in [3.63, 3.8) is 0 Å². The Labute approximate surface area is 196 Å². The summed E-state index contributed by atoms with van der Waals surface area (Å²) >= 11 is 3.47. The molecule has 32 heavy (non-hydrogen) atoms. The molecule has 3 aromatic rings. The molecule has 3 rings (SSSR count). The van der Waals surface area contributed by atoms with E-state index in [0.29, 0.717) is 17.2 Å². The van der Waals surface area contributed by atoms with Gasteiger partial charge in [0.05, 0.1) is 17.7 Å². The molecule has 0 unspecified atom stereocenters. The average molecular weight is 521 g/mol. The fourth-order valence-electron chi connectivity index (χ4n) is 2.93. The van der Waals surface area contributed by atoms with Crippen LogP contribution in [-0.2, 0) is 26.8 Å². The molecule has 2 N–H and O–H groups in total. The predicted molar refractivity (Wildman–Crippen MR) is 126 cm³/mol. The summed E-state index contributed by atoms with van der Waals surface area (Å²) in [5.41, 5.74) is 1.30. The Morgan fingerprint density at radius 2 is 1.81 bits per heavy atom. The van der Waals surface area contributed by atoms with E-state index in [9.17, 15) is 13.2 Å². The maximum Gasteiger partial charge on any atom is 0.262 e. The molecule has 0 fully saturated rings. The van der Waals surface area contributed by atoms with Crippen LogP contribution < -0.4 is 14.8 Å². The second-order valence-electron chi connectivity index (χ2n) is 8.16. The number of hydrogen-bond donors (Lipinski definition) is 2. The highest BCUT2D eigenvalue weighted by molar-refractivity contribution is 9.10. The van der Waals surface area contributed by atoms with Crippen molar-refractivity contribution < 1.29 is 22.4 Å². The molecule has 0 radical (unpaired) electrons. The molecule has 0 aliphatic carbocycles. The lowest BCUT2D eigenvalue weighted by Crippen LogP contribution is -2.23. The van der Waals surface area contributed by atoms with Crippen molar-refractivity contribution in [3.8, 4) is 5.75 Å². The summed E-state index contributed by atoms with van der Waals surface area (Å²) in [4.78, 5) is 12.4. The number of amides is 1. The predicted octanol–water partition coefficient (Wildman–Crippen LogP) is 4.84. The van der Waals surface area contributed by atoms with Gasteiger partial charge in [0.15, 0.2) is 6.61 Å². The summed E-state index contributed by atoms with van der Waals surface area (Å²) in [5.74, 6) is 0.803. The molecule has 0 saturated heterocycles. The van der Waals surface area contributed by atoms with Crippen molar-refractivity contribution in [3.05, 3.63) is 76.7 Å². The zero-order valence-electron chi connectivity index (χ0n) is 18.0. The van der Waals surface area contributed by atoms with Crippen LogP contribution in [0.3, 0.4) is 0 Å². The van der Waals surface area contributed by atoms with Crippen LogP contribution in [0.2, 0.25) is 0 Å². The van der Waals surface area contributed by atoms with Gasteiger partial charge in [-0.3, -0.25) is 4.79 Å². The summed E-state index contributed by atoms with van der Waals surface area (Å²) in [7, 11) is -3.70. The van der Waals surface area contributed by atoms with Gasteiger partial charge >= 0.3 is 0 Å². The highest BCUT2D eigenvalue weighted by Crippen LogP contribution is 2.33. The van der Waals surface area contributed by atoms with E-state index in [0.717, 1.165) is 10.0 Å². The minimum atomic E-state index is -3.70. The fourth-order valence-corrected chi connectivity index (χ4v) is 4.29.